The van der Waals surface area contributed by atoms with Crippen LogP contribution in [0.1, 0.15) is 24.0 Å². The molecule has 0 spiro atoms. The Balaban J connectivity index is 1.89. The summed E-state index contributed by atoms with van der Waals surface area (Å²) in [6.07, 6.45) is 4.38. The maximum atomic E-state index is 11.7. The minimum atomic E-state index is 0.474. The van der Waals surface area contributed by atoms with Crippen molar-refractivity contribution in [2.45, 2.75) is 31.8 Å². The predicted molar refractivity (Wildman–Crippen MR) is 124 cm³/mol. The van der Waals surface area contributed by atoms with Crippen molar-refractivity contribution < 1.29 is 28.2 Å². The number of hydrogen-bond donors (Lipinski definition) is 0. The van der Waals surface area contributed by atoms with Gasteiger partial charge in [-0.2, -0.15) is 0 Å². The number of aldehydes is 1. The van der Waals surface area contributed by atoms with Crippen LogP contribution in [0.15, 0.2) is 24.3 Å². The van der Waals surface area contributed by atoms with Crippen molar-refractivity contribution in [3.05, 3.63) is 35.4 Å². The first-order valence-electron chi connectivity index (χ1n) is 11.1. The molecule has 5 rings (SSSR count). The maximum absolute atomic E-state index is 11.7. The monoisotopic (exact) mass is 436 g/mol. The summed E-state index contributed by atoms with van der Waals surface area (Å²) >= 11 is 0. The fourth-order valence-electron chi connectivity index (χ4n) is 6.05. The van der Waals surface area contributed by atoms with Gasteiger partial charge in [0.05, 0.1) is 41.0 Å². The van der Waals surface area contributed by atoms with E-state index in [-0.39, 0.29) is 0 Å². The molecule has 2 aliphatic heterocycles. The highest BCUT2D eigenvalue weighted by molar-refractivity contribution is 6.12. The molecule has 0 aromatic heterocycles. The quantitative estimate of drug-likeness (QED) is 0.328. The van der Waals surface area contributed by atoms with Gasteiger partial charge in [0, 0.05) is 24.8 Å². The Hall–Kier alpha value is -2.99. The lowest BCUT2D eigenvalue weighted by molar-refractivity contribution is -0.946. The molecule has 0 radical (unpaired) electrons. The predicted octanol–water partition coefficient (Wildman–Crippen LogP) is 4.26. The van der Waals surface area contributed by atoms with E-state index in [1.807, 2.05) is 0 Å². The van der Waals surface area contributed by atoms with Gasteiger partial charge >= 0.3 is 0 Å². The number of nitrogens with zero attached hydrogens (tertiary/aromatic N) is 1. The third-order valence-corrected chi connectivity index (χ3v) is 7.62. The van der Waals surface area contributed by atoms with E-state index < -0.39 is 0 Å². The van der Waals surface area contributed by atoms with E-state index in [1.54, 1.807) is 28.4 Å². The number of quaternary nitrogens is 1. The number of ether oxygens (including phenoxy) is 4. The van der Waals surface area contributed by atoms with E-state index in [2.05, 4.69) is 24.3 Å². The van der Waals surface area contributed by atoms with Gasteiger partial charge in [0.25, 0.3) is 0 Å². The molecule has 0 aliphatic carbocycles. The second-order valence-electron chi connectivity index (χ2n) is 8.91. The summed E-state index contributed by atoms with van der Waals surface area (Å²) in [6, 6.07) is 8.80. The number of methoxy groups -OCH3 is 4. The summed E-state index contributed by atoms with van der Waals surface area (Å²) in [6.45, 7) is 2.49. The molecule has 0 N–H and O–H groups in total. The molecule has 2 heterocycles. The normalized spacial score (nSPS) is 21.8. The Labute approximate surface area is 188 Å². The lowest BCUT2D eigenvalue weighted by Crippen LogP contribution is -2.55. The molecule has 6 heteroatoms. The van der Waals surface area contributed by atoms with Crippen LogP contribution in [0.25, 0.3) is 21.5 Å². The lowest BCUT2D eigenvalue weighted by Gasteiger charge is -2.43. The second-order valence-corrected chi connectivity index (χ2v) is 8.91. The van der Waals surface area contributed by atoms with Crippen molar-refractivity contribution in [2.24, 2.45) is 0 Å². The standard InChI is InChI=1S/C26H30NO5/c1-29-23-11-18-17-10-16-6-5-7-27(16,8-9-28)15-22(17)21-14-26(32-4)25(31-3)13-20(21)19(18)12-24(23)30-2/h9,11-14,16H,5-8,10,15H2,1-4H3/q+1. The van der Waals surface area contributed by atoms with Crippen LogP contribution in [0.3, 0.4) is 0 Å². The molecule has 0 bridgehead atoms. The van der Waals surface area contributed by atoms with Gasteiger partial charge in [-0.15, -0.1) is 0 Å². The highest BCUT2D eigenvalue weighted by Gasteiger charge is 2.46. The molecular formula is C26H30NO5+. The molecule has 168 valence electrons. The van der Waals surface area contributed by atoms with Gasteiger partial charge in [-0.1, -0.05) is 0 Å². The SMILES string of the molecule is COc1cc2c3c(c4cc(OC)c(OC)cc4c2cc1OC)C[N+]1(CC=O)CCCC1C3. The number of rotatable bonds is 6. The van der Waals surface area contributed by atoms with Crippen LogP contribution in [0, 0.1) is 0 Å². The molecular weight excluding hydrogens is 406 g/mol. The molecule has 3 aromatic carbocycles. The highest BCUT2D eigenvalue weighted by Crippen LogP contribution is 2.47. The summed E-state index contributed by atoms with van der Waals surface area (Å²) in [5.41, 5.74) is 2.66. The van der Waals surface area contributed by atoms with Crippen LogP contribution in [0.2, 0.25) is 0 Å². The van der Waals surface area contributed by atoms with Crippen molar-refractivity contribution >= 4 is 27.8 Å². The summed E-state index contributed by atoms with van der Waals surface area (Å²) in [4.78, 5) is 11.7. The molecule has 2 unspecified atom stereocenters. The largest absolute Gasteiger partial charge is 0.493 e. The Bertz CT molecular complexity index is 1220. The number of benzene rings is 3. The number of carbonyl (C=O) groups excluding carboxylic acids is 1. The molecule has 2 aliphatic rings. The molecule has 3 aromatic rings. The Morgan fingerprint density at radius 1 is 0.812 bits per heavy atom. The van der Waals surface area contributed by atoms with Crippen LogP contribution in [0.5, 0.6) is 23.0 Å². The second kappa shape index (κ2) is 7.85. The molecule has 0 saturated carbocycles. The maximum Gasteiger partial charge on any atom is 0.174 e. The van der Waals surface area contributed by atoms with E-state index in [4.69, 9.17) is 18.9 Å². The van der Waals surface area contributed by atoms with Crippen LogP contribution in [0.4, 0.5) is 0 Å². The molecule has 6 nitrogen and oxygen atoms in total. The van der Waals surface area contributed by atoms with Crippen molar-refractivity contribution in [2.75, 3.05) is 41.5 Å². The zero-order chi connectivity index (χ0) is 22.5. The van der Waals surface area contributed by atoms with Crippen molar-refractivity contribution in [3.8, 4) is 23.0 Å². The fraction of sp³-hybridized carbons (Fsp3) is 0.423. The summed E-state index contributed by atoms with van der Waals surface area (Å²) in [5.74, 6) is 2.85. The average molecular weight is 437 g/mol. The van der Waals surface area contributed by atoms with Gasteiger partial charge in [0.2, 0.25) is 0 Å². The Morgan fingerprint density at radius 3 is 1.81 bits per heavy atom. The van der Waals surface area contributed by atoms with Gasteiger partial charge in [-0.3, -0.25) is 4.79 Å². The van der Waals surface area contributed by atoms with Crippen LogP contribution in [-0.4, -0.2) is 58.3 Å². The molecule has 1 fully saturated rings. The molecule has 32 heavy (non-hydrogen) atoms. The van der Waals surface area contributed by atoms with Crippen LogP contribution in [-0.2, 0) is 17.8 Å². The Kier molecular flexibility index (Phi) is 5.13. The van der Waals surface area contributed by atoms with Gasteiger partial charge in [0.1, 0.15) is 13.1 Å². The minimum Gasteiger partial charge on any atom is -0.493 e. The zero-order valence-corrected chi connectivity index (χ0v) is 19.2. The van der Waals surface area contributed by atoms with Gasteiger partial charge < -0.3 is 23.4 Å². The summed E-state index contributed by atoms with van der Waals surface area (Å²) < 4.78 is 23.4. The first kappa shape index (κ1) is 20.9. The van der Waals surface area contributed by atoms with E-state index in [9.17, 15) is 4.79 Å². The van der Waals surface area contributed by atoms with Crippen molar-refractivity contribution in [1.82, 2.24) is 0 Å². The minimum absolute atomic E-state index is 0.474. The fourth-order valence-corrected chi connectivity index (χ4v) is 6.05. The highest BCUT2D eigenvalue weighted by atomic mass is 16.5. The smallest absolute Gasteiger partial charge is 0.174 e. The average Bonchev–Trinajstić information content (AvgIpc) is 3.23. The topological polar surface area (TPSA) is 54.0 Å². The molecule has 1 saturated heterocycles. The lowest BCUT2D eigenvalue weighted by atomic mass is 9.83. The van der Waals surface area contributed by atoms with Gasteiger partial charge in [-0.25, -0.2) is 0 Å². The summed E-state index contributed by atoms with van der Waals surface area (Å²) in [5, 5.41) is 4.56. The van der Waals surface area contributed by atoms with Gasteiger partial charge in [0.15, 0.2) is 29.3 Å². The molecule has 0 amide bonds. The third-order valence-electron chi connectivity index (χ3n) is 7.62. The zero-order valence-electron chi connectivity index (χ0n) is 19.2. The first-order chi connectivity index (χ1) is 15.6. The molecule has 2 atom stereocenters. The van der Waals surface area contributed by atoms with E-state index >= 15 is 0 Å². The van der Waals surface area contributed by atoms with Crippen LogP contribution >= 0.6 is 0 Å². The van der Waals surface area contributed by atoms with E-state index in [1.165, 1.54) is 16.5 Å². The van der Waals surface area contributed by atoms with E-state index in [0.717, 1.165) is 65.0 Å². The van der Waals surface area contributed by atoms with E-state index in [0.29, 0.717) is 29.8 Å². The number of fused-ring (bicyclic) bond motifs is 7. The van der Waals surface area contributed by atoms with Gasteiger partial charge in [-0.05, 0) is 51.4 Å². The third kappa shape index (κ3) is 2.93. The van der Waals surface area contributed by atoms with Crippen molar-refractivity contribution in [3.63, 3.8) is 0 Å². The number of carbonyl (C=O) groups is 1. The number of hydrogen-bond acceptors (Lipinski definition) is 5. The summed E-state index contributed by atoms with van der Waals surface area (Å²) in [7, 11) is 6.67. The van der Waals surface area contributed by atoms with Crippen molar-refractivity contribution in [1.29, 1.82) is 0 Å². The van der Waals surface area contributed by atoms with Crippen LogP contribution < -0.4 is 18.9 Å². The first-order valence-corrected chi connectivity index (χ1v) is 11.1. The Morgan fingerprint density at radius 2 is 1.31 bits per heavy atom.